The third-order valence-electron chi connectivity index (χ3n) is 3.56. The molecule has 0 aliphatic rings. The number of hydrogen-bond acceptors (Lipinski definition) is 2. The van der Waals surface area contributed by atoms with Gasteiger partial charge in [0.05, 0.1) is 27.4 Å². The van der Waals surface area contributed by atoms with E-state index in [2.05, 4.69) is 5.10 Å². The highest BCUT2D eigenvalue weighted by Crippen LogP contribution is 2.32. The Bertz CT molecular complexity index is 798. The number of benzene rings is 2. The zero-order valence-corrected chi connectivity index (χ0v) is 12.9. The highest BCUT2D eigenvalue weighted by atomic mass is 35.5. The summed E-state index contributed by atoms with van der Waals surface area (Å²) in [5.74, 6) is 0. The topological polar surface area (TPSA) is 38.0 Å². The molecule has 0 fully saturated rings. The van der Waals surface area contributed by atoms with Gasteiger partial charge in [-0.2, -0.15) is 5.10 Å². The molecule has 0 saturated heterocycles. The third-order valence-corrected chi connectivity index (χ3v) is 4.39. The van der Waals surface area contributed by atoms with Gasteiger partial charge in [-0.1, -0.05) is 53.5 Å². The fraction of sp³-hybridized carbons (Fsp3) is 0.188. The molecule has 1 N–H and O–H groups in total. The van der Waals surface area contributed by atoms with Gasteiger partial charge in [0.2, 0.25) is 0 Å². The number of rotatable bonds is 3. The molecule has 0 amide bonds. The summed E-state index contributed by atoms with van der Waals surface area (Å²) in [4.78, 5) is 0. The fourth-order valence-corrected chi connectivity index (χ4v) is 2.94. The van der Waals surface area contributed by atoms with Crippen molar-refractivity contribution in [3.63, 3.8) is 0 Å². The van der Waals surface area contributed by atoms with Crippen molar-refractivity contribution < 1.29 is 5.11 Å². The van der Waals surface area contributed by atoms with E-state index in [-0.39, 0.29) is 0 Å². The second-order valence-electron chi connectivity index (χ2n) is 4.95. The highest BCUT2D eigenvalue weighted by Gasteiger charge is 2.17. The molecule has 0 aliphatic heterocycles. The molecule has 108 valence electrons. The molecule has 3 rings (SSSR count). The monoisotopic (exact) mass is 320 g/mol. The van der Waals surface area contributed by atoms with Crippen LogP contribution in [0.4, 0.5) is 0 Å². The molecule has 0 spiro atoms. The van der Waals surface area contributed by atoms with Crippen LogP contribution in [0.25, 0.3) is 10.9 Å². The van der Waals surface area contributed by atoms with Crippen molar-refractivity contribution >= 4 is 34.1 Å². The van der Waals surface area contributed by atoms with Crippen LogP contribution in [0.3, 0.4) is 0 Å². The number of aryl methyl sites for hydroxylation is 1. The summed E-state index contributed by atoms with van der Waals surface area (Å²) < 4.78 is 1.82. The molecule has 3 nitrogen and oxygen atoms in total. The number of aromatic nitrogens is 2. The van der Waals surface area contributed by atoms with Crippen LogP contribution >= 0.6 is 23.2 Å². The van der Waals surface area contributed by atoms with Crippen molar-refractivity contribution in [3.8, 4) is 0 Å². The Labute approximate surface area is 132 Å². The van der Waals surface area contributed by atoms with E-state index in [0.29, 0.717) is 22.0 Å². The largest absolute Gasteiger partial charge is 0.388 e. The molecule has 0 radical (unpaired) electrons. The predicted molar refractivity (Wildman–Crippen MR) is 85.8 cm³/mol. The summed E-state index contributed by atoms with van der Waals surface area (Å²) in [5, 5.41) is 16.8. The average molecular weight is 321 g/mol. The first-order valence-corrected chi connectivity index (χ1v) is 7.36. The molecule has 3 aromatic rings. The average Bonchev–Trinajstić information content (AvgIpc) is 2.79. The molecule has 1 heterocycles. The lowest BCUT2D eigenvalue weighted by Crippen LogP contribution is -2.04. The molecule has 0 aliphatic carbocycles. The predicted octanol–water partition coefficient (Wildman–Crippen LogP) is 4.16. The molecule has 2 aromatic carbocycles. The first kappa shape index (κ1) is 14.4. The lowest BCUT2D eigenvalue weighted by atomic mass is 10.0. The minimum Gasteiger partial charge on any atom is -0.388 e. The molecule has 5 heteroatoms. The second-order valence-corrected chi connectivity index (χ2v) is 5.74. The van der Waals surface area contributed by atoms with Crippen LogP contribution in [0.15, 0.2) is 42.5 Å². The van der Waals surface area contributed by atoms with Crippen molar-refractivity contribution in [2.45, 2.75) is 12.5 Å². The van der Waals surface area contributed by atoms with Crippen LogP contribution in [-0.2, 0) is 13.5 Å². The van der Waals surface area contributed by atoms with Crippen LogP contribution in [0.2, 0.25) is 10.0 Å². The summed E-state index contributed by atoms with van der Waals surface area (Å²) >= 11 is 12.2. The zero-order chi connectivity index (χ0) is 15.0. The quantitative estimate of drug-likeness (QED) is 0.787. The molecule has 21 heavy (non-hydrogen) atoms. The van der Waals surface area contributed by atoms with Crippen LogP contribution in [-0.4, -0.2) is 14.9 Å². The van der Waals surface area contributed by atoms with Crippen LogP contribution in [0.1, 0.15) is 17.4 Å². The van der Waals surface area contributed by atoms with Gasteiger partial charge in [-0.15, -0.1) is 0 Å². The maximum Gasteiger partial charge on any atom is 0.0861 e. The van der Waals surface area contributed by atoms with Crippen molar-refractivity contribution in [3.05, 3.63) is 63.8 Å². The smallest absolute Gasteiger partial charge is 0.0861 e. The summed E-state index contributed by atoms with van der Waals surface area (Å²) in [5.41, 5.74) is 2.51. The molecule has 1 unspecified atom stereocenters. The first-order chi connectivity index (χ1) is 10.1. The van der Waals surface area contributed by atoms with Crippen LogP contribution in [0, 0.1) is 0 Å². The van der Waals surface area contributed by atoms with Gasteiger partial charge in [0.1, 0.15) is 0 Å². The lowest BCUT2D eigenvalue weighted by molar-refractivity contribution is 0.177. The van der Waals surface area contributed by atoms with E-state index in [9.17, 15) is 5.11 Å². The third kappa shape index (κ3) is 2.64. The molecule has 0 bridgehead atoms. The number of fused-ring (bicyclic) bond motifs is 1. The van der Waals surface area contributed by atoms with Crippen molar-refractivity contribution in [1.82, 2.24) is 9.78 Å². The van der Waals surface area contributed by atoms with E-state index >= 15 is 0 Å². The Hall–Kier alpha value is -1.55. The number of hydrogen-bond donors (Lipinski definition) is 1. The number of aliphatic hydroxyl groups excluding tert-OH is 1. The highest BCUT2D eigenvalue weighted by molar-refractivity contribution is 6.42. The van der Waals surface area contributed by atoms with E-state index in [4.69, 9.17) is 23.2 Å². The maximum absolute atomic E-state index is 10.5. The van der Waals surface area contributed by atoms with E-state index in [1.807, 2.05) is 36.0 Å². The van der Waals surface area contributed by atoms with Crippen LogP contribution < -0.4 is 0 Å². The summed E-state index contributed by atoms with van der Waals surface area (Å²) in [7, 11) is 1.89. The summed E-state index contributed by atoms with van der Waals surface area (Å²) in [6, 6.07) is 13.2. The standard InChI is InChI=1S/C16H14Cl2N2O/c1-20-14-8-3-2-5-10(14)13(19-20)9-15(21)11-6-4-7-12(17)16(11)18/h2-8,15,21H,9H2,1H3. The number of halogens is 2. The van der Waals surface area contributed by atoms with Gasteiger partial charge in [0, 0.05) is 24.4 Å². The van der Waals surface area contributed by atoms with Gasteiger partial charge in [-0.25, -0.2) is 0 Å². The fourth-order valence-electron chi connectivity index (χ4n) is 2.51. The van der Waals surface area contributed by atoms with Gasteiger partial charge >= 0.3 is 0 Å². The Morgan fingerprint density at radius 1 is 1.14 bits per heavy atom. The minimum absolute atomic E-state index is 0.390. The molecule has 1 aromatic heterocycles. The minimum atomic E-state index is -0.741. The SMILES string of the molecule is Cn1nc(CC(O)c2cccc(Cl)c2Cl)c2ccccc21. The Balaban J connectivity index is 1.97. The lowest BCUT2D eigenvalue weighted by Gasteiger charge is -2.12. The molecule has 0 saturated carbocycles. The summed E-state index contributed by atoms with van der Waals surface area (Å²) in [6.45, 7) is 0. The van der Waals surface area contributed by atoms with E-state index in [0.717, 1.165) is 16.6 Å². The molecular weight excluding hydrogens is 307 g/mol. The van der Waals surface area contributed by atoms with Crippen molar-refractivity contribution in [1.29, 1.82) is 0 Å². The zero-order valence-electron chi connectivity index (χ0n) is 11.4. The Morgan fingerprint density at radius 3 is 2.71 bits per heavy atom. The van der Waals surface area contributed by atoms with Gasteiger partial charge in [-0.3, -0.25) is 4.68 Å². The molecular formula is C16H14Cl2N2O. The van der Waals surface area contributed by atoms with Crippen LogP contribution in [0.5, 0.6) is 0 Å². The van der Waals surface area contributed by atoms with E-state index in [1.54, 1.807) is 18.2 Å². The van der Waals surface area contributed by atoms with Crippen molar-refractivity contribution in [2.24, 2.45) is 7.05 Å². The Kier molecular flexibility index (Phi) is 3.89. The number of para-hydroxylation sites is 1. The normalized spacial score (nSPS) is 12.8. The molecule has 1 atom stereocenters. The van der Waals surface area contributed by atoms with E-state index in [1.165, 1.54) is 0 Å². The van der Waals surface area contributed by atoms with Gasteiger partial charge in [0.15, 0.2) is 0 Å². The second kappa shape index (κ2) is 5.68. The first-order valence-electron chi connectivity index (χ1n) is 6.60. The number of nitrogens with zero attached hydrogens (tertiary/aromatic N) is 2. The van der Waals surface area contributed by atoms with Gasteiger partial charge < -0.3 is 5.11 Å². The summed E-state index contributed by atoms with van der Waals surface area (Å²) in [6.07, 6.45) is -0.351. The Morgan fingerprint density at radius 2 is 1.90 bits per heavy atom. The van der Waals surface area contributed by atoms with E-state index < -0.39 is 6.10 Å². The maximum atomic E-state index is 10.5. The number of aliphatic hydroxyl groups is 1. The van der Waals surface area contributed by atoms with Gasteiger partial charge in [-0.05, 0) is 12.1 Å². The van der Waals surface area contributed by atoms with Gasteiger partial charge in [0.25, 0.3) is 0 Å². The van der Waals surface area contributed by atoms with Crippen molar-refractivity contribution in [2.75, 3.05) is 0 Å².